The molecule has 0 fully saturated rings. The zero-order valence-electron chi connectivity index (χ0n) is 10.8. The average molecular weight is 245 g/mol. The predicted octanol–water partition coefficient (Wildman–Crippen LogP) is 3.33. The van der Waals surface area contributed by atoms with E-state index in [1.807, 2.05) is 32.9 Å². The number of anilines is 1. The van der Waals surface area contributed by atoms with Crippen LogP contribution in [0.2, 0.25) is 0 Å². The third-order valence-electron chi connectivity index (χ3n) is 2.51. The van der Waals surface area contributed by atoms with Gasteiger partial charge in [0, 0.05) is 23.9 Å². The molecule has 0 unspecified atom stereocenters. The Morgan fingerprint density at radius 2 is 1.89 bits per heavy atom. The molecule has 1 heterocycles. The van der Waals surface area contributed by atoms with Gasteiger partial charge in [-0.25, -0.2) is 14.4 Å². The molecule has 1 N–H and O–H groups in total. The highest BCUT2D eigenvalue weighted by Gasteiger charge is 2.06. The Balaban J connectivity index is 2.49. The van der Waals surface area contributed by atoms with Crippen LogP contribution in [0.1, 0.15) is 18.2 Å². The predicted molar refractivity (Wildman–Crippen MR) is 71.1 cm³/mol. The Kier molecular flexibility index (Phi) is 3.55. The first-order valence-corrected chi connectivity index (χ1v) is 5.95. The van der Waals surface area contributed by atoms with E-state index in [0.29, 0.717) is 11.4 Å². The largest absolute Gasteiger partial charge is 0.370 e. The molecule has 0 bridgehead atoms. The number of nitrogens with zero attached hydrogens (tertiary/aromatic N) is 2. The van der Waals surface area contributed by atoms with Crippen molar-refractivity contribution >= 4 is 5.82 Å². The minimum atomic E-state index is -0.264. The molecule has 1 aromatic heterocycles. The first-order valence-electron chi connectivity index (χ1n) is 5.95. The fourth-order valence-electron chi connectivity index (χ4n) is 1.83. The van der Waals surface area contributed by atoms with Gasteiger partial charge in [0.25, 0.3) is 0 Å². The van der Waals surface area contributed by atoms with Crippen LogP contribution in [0.15, 0.2) is 24.3 Å². The van der Waals surface area contributed by atoms with Gasteiger partial charge in [-0.1, -0.05) is 0 Å². The summed E-state index contributed by atoms with van der Waals surface area (Å²) in [5.41, 5.74) is 2.42. The third kappa shape index (κ3) is 2.83. The fraction of sp³-hybridized carbons (Fsp3) is 0.286. The molecular formula is C14H16FN3. The summed E-state index contributed by atoms with van der Waals surface area (Å²) in [6.07, 6.45) is 0. The standard InChI is InChI=1S/C14H16FN3/c1-4-16-13-7-10(3)17-14(18-13)11-5-9(2)6-12(15)8-11/h5-8H,4H2,1-3H3,(H,16,17,18). The molecule has 18 heavy (non-hydrogen) atoms. The minimum absolute atomic E-state index is 0.264. The van der Waals surface area contributed by atoms with Crippen LogP contribution in [0, 0.1) is 19.7 Å². The first-order chi connectivity index (χ1) is 8.58. The molecule has 0 spiro atoms. The van der Waals surface area contributed by atoms with E-state index in [9.17, 15) is 4.39 Å². The van der Waals surface area contributed by atoms with E-state index in [2.05, 4.69) is 15.3 Å². The van der Waals surface area contributed by atoms with Crippen LogP contribution in [0.4, 0.5) is 10.2 Å². The van der Waals surface area contributed by atoms with Crippen molar-refractivity contribution < 1.29 is 4.39 Å². The maximum Gasteiger partial charge on any atom is 0.161 e. The SMILES string of the molecule is CCNc1cc(C)nc(-c2cc(C)cc(F)c2)n1. The number of hydrogen-bond donors (Lipinski definition) is 1. The number of nitrogens with one attached hydrogen (secondary N) is 1. The van der Waals surface area contributed by atoms with E-state index < -0.39 is 0 Å². The highest BCUT2D eigenvalue weighted by atomic mass is 19.1. The lowest BCUT2D eigenvalue weighted by Gasteiger charge is -2.07. The highest BCUT2D eigenvalue weighted by Crippen LogP contribution is 2.20. The van der Waals surface area contributed by atoms with Gasteiger partial charge in [0.1, 0.15) is 11.6 Å². The molecular weight excluding hydrogens is 229 g/mol. The molecule has 0 atom stereocenters. The second kappa shape index (κ2) is 5.12. The van der Waals surface area contributed by atoms with Crippen LogP contribution in [-0.2, 0) is 0 Å². The Bertz CT molecular complexity index is 547. The van der Waals surface area contributed by atoms with Crippen LogP contribution < -0.4 is 5.32 Å². The van der Waals surface area contributed by atoms with Crippen molar-refractivity contribution in [1.82, 2.24) is 9.97 Å². The number of hydrogen-bond acceptors (Lipinski definition) is 3. The molecule has 1 aromatic carbocycles. The van der Waals surface area contributed by atoms with Gasteiger partial charge in [-0.15, -0.1) is 0 Å². The van der Waals surface area contributed by atoms with Gasteiger partial charge in [-0.2, -0.15) is 0 Å². The van der Waals surface area contributed by atoms with Gasteiger partial charge in [-0.3, -0.25) is 0 Å². The highest BCUT2D eigenvalue weighted by molar-refractivity contribution is 5.58. The number of aromatic nitrogens is 2. The molecule has 3 nitrogen and oxygen atoms in total. The molecule has 0 amide bonds. The van der Waals surface area contributed by atoms with Crippen LogP contribution in [-0.4, -0.2) is 16.5 Å². The third-order valence-corrected chi connectivity index (χ3v) is 2.51. The van der Waals surface area contributed by atoms with Crippen LogP contribution in [0.3, 0.4) is 0 Å². The van der Waals surface area contributed by atoms with Crippen LogP contribution in [0.5, 0.6) is 0 Å². The van der Waals surface area contributed by atoms with Crippen molar-refractivity contribution in [2.24, 2.45) is 0 Å². The van der Waals surface area contributed by atoms with E-state index in [-0.39, 0.29) is 5.82 Å². The van der Waals surface area contributed by atoms with Crippen LogP contribution >= 0.6 is 0 Å². The Morgan fingerprint density at radius 1 is 1.11 bits per heavy atom. The Morgan fingerprint density at radius 3 is 2.56 bits per heavy atom. The lowest BCUT2D eigenvalue weighted by molar-refractivity contribution is 0.627. The van der Waals surface area contributed by atoms with Gasteiger partial charge in [0.2, 0.25) is 0 Å². The lowest BCUT2D eigenvalue weighted by Crippen LogP contribution is -2.02. The first kappa shape index (κ1) is 12.5. The van der Waals surface area contributed by atoms with Crippen molar-refractivity contribution in [2.45, 2.75) is 20.8 Å². The Hall–Kier alpha value is -1.97. The number of rotatable bonds is 3. The summed E-state index contributed by atoms with van der Waals surface area (Å²) in [5, 5.41) is 3.14. The van der Waals surface area contributed by atoms with E-state index in [1.54, 1.807) is 0 Å². The number of benzene rings is 1. The van der Waals surface area contributed by atoms with Gasteiger partial charge in [0.05, 0.1) is 0 Å². The molecule has 0 saturated heterocycles. The van der Waals surface area contributed by atoms with Gasteiger partial charge in [0.15, 0.2) is 5.82 Å². The van der Waals surface area contributed by atoms with Crippen molar-refractivity contribution in [3.05, 3.63) is 41.3 Å². The molecule has 4 heteroatoms. The minimum Gasteiger partial charge on any atom is -0.370 e. The summed E-state index contributed by atoms with van der Waals surface area (Å²) in [7, 11) is 0. The molecule has 2 aromatic rings. The lowest BCUT2D eigenvalue weighted by atomic mass is 10.1. The van der Waals surface area contributed by atoms with E-state index >= 15 is 0 Å². The molecule has 0 saturated carbocycles. The van der Waals surface area contributed by atoms with E-state index in [4.69, 9.17) is 0 Å². The summed E-state index contributed by atoms with van der Waals surface area (Å²) >= 11 is 0. The quantitative estimate of drug-likeness (QED) is 0.901. The second-order valence-corrected chi connectivity index (χ2v) is 4.27. The van der Waals surface area contributed by atoms with Gasteiger partial charge in [-0.05, 0) is 44.5 Å². The maximum atomic E-state index is 13.4. The fourth-order valence-corrected chi connectivity index (χ4v) is 1.83. The molecule has 2 rings (SSSR count). The summed E-state index contributed by atoms with van der Waals surface area (Å²) in [5.74, 6) is 1.05. The van der Waals surface area contributed by atoms with E-state index in [1.165, 1.54) is 12.1 Å². The smallest absolute Gasteiger partial charge is 0.161 e. The molecule has 0 aliphatic rings. The van der Waals surface area contributed by atoms with Crippen molar-refractivity contribution in [3.63, 3.8) is 0 Å². The van der Waals surface area contributed by atoms with Gasteiger partial charge >= 0.3 is 0 Å². The molecule has 94 valence electrons. The summed E-state index contributed by atoms with van der Waals surface area (Å²) in [6, 6.07) is 6.70. The van der Waals surface area contributed by atoms with E-state index in [0.717, 1.165) is 23.6 Å². The van der Waals surface area contributed by atoms with Crippen molar-refractivity contribution in [1.29, 1.82) is 0 Å². The summed E-state index contributed by atoms with van der Waals surface area (Å²) < 4.78 is 13.4. The Labute approximate surface area is 106 Å². The van der Waals surface area contributed by atoms with Crippen LogP contribution in [0.25, 0.3) is 11.4 Å². The van der Waals surface area contributed by atoms with Crippen molar-refractivity contribution in [3.8, 4) is 11.4 Å². The molecule has 0 radical (unpaired) electrons. The number of aryl methyl sites for hydroxylation is 2. The van der Waals surface area contributed by atoms with Crippen molar-refractivity contribution in [2.75, 3.05) is 11.9 Å². The topological polar surface area (TPSA) is 37.8 Å². The second-order valence-electron chi connectivity index (χ2n) is 4.27. The normalized spacial score (nSPS) is 10.4. The summed E-state index contributed by atoms with van der Waals surface area (Å²) in [4.78, 5) is 8.74. The number of halogens is 1. The average Bonchev–Trinajstić information content (AvgIpc) is 2.27. The zero-order valence-corrected chi connectivity index (χ0v) is 10.8. The monoisotopic (exact) mass is 245 g/mol. The van der Waals surface area contributed by atoms with Gasteiger partial charge < -0.3 is 5.32 Å². The zero-order chi connectivity index (χ0) is 13.1. The molecule has 0 aliphatic carbocycles. The maximum absolute atomic E-state index is 13.4. The summed E-state index contributed by atoms with van der Waals surface area (Å²) in [6.45, 7) is 6.55. The molecule has 0 aliphatic heterocycles.